The number of ether oxygens (including phenoxy) is 1. The van der Waals surface area contributed by atoms with Crippen LogP contribution >= 0.6 is 11.6 Å². The van der Waals surface area contributed by atoms with Crippen molar-refractivity contribution in [2.45, 2.75) is 32.1 Å². The molecular weight excluding hydrogens is 360 g/mol. The monoisotopic (exact) mass is 384 g/mol. The molecule has 2 aromatic rings. The lowest BCUT2D eigenvalue weighted by molar-refractivity contribution is 0.154. The Hall–Kier alpha value is -2.04. The fourth-order valence-electron chi connectivity index (χ4n) is 3.98. The first kappa shape index (κ1) is 18.3. The molecule has 0 unspecified atom stereocenters. The number of hydrogen-bond donors (Lipinski definition) is 1. The largest absolute Gasteiger partial charge is 0.449 e. The standard InChI is InChI=1S/C22H25ClN2O2/c23-20-6-2-1-4-16(20)9-13-27-22(26)25-12-3-5-19-14-17-7-10-24-11-8-18(17)15-21(19)25/h1-2,4,6,14-15,24H,3,5,7-13H2. The van der Waals surface area contributed by atoms with Gasteiger partial charge < -0.3 is 10.1 Å². The summed E-state index contributed by atoms with van der Waals surface area (Å²) in [5.74, 6) is 0. The van der Waals surface area contributed by atoms with Crippen LogP contribution in [-0.2, 0) is 30.4 Å². The van der Waals surface area contributed by atoms with Gasteiger partial charge in [-0.2, -0.15) is 0 Å². The smallest absolute Gasteiger partial charge is 0.414 e. The minimum absolute atomic E-state index is 0.255. The number of carbonyl (C=O) groups excluding carboxylic acids is 1. The third-order valence-electron chi connectivity index (χ3n) is 5.44. The molecule has 0 saturated heterocycles. The Bertz CT molecular complexity index is 837. The molecule has 1 N–H and O–H groups in total. The van der Waals surface area contributed by atoms with E-state index in [0.717, 1.165) is 56.6 Å². The Kier molecular flexibility index (Phi) is 5.65. The highest BCUT2D eigenvalue weighted by Gasteiger charge is 2.25. The van der Waals surface area contributed by atoms with Crippen LogP contribution in [0.5, 0.6) is 0 Å². The fourth-order valence-corrected chi connectivity index (χ4v) is 4.21. The number of nitrogens with one attached hydrogen (secondary N) is 1. The predicted octanol–water partition coefficient (Wildman–Crippen LogP) is 4.16. The van der Waals surface area contributed by atoms with Crippen molar-refractivity contribution in [3.05, 3.63) is 63.7 Å². The molecule has 2 aromatic carbocycles. The number of aryl methyl sites for hydroxylation is 1. The number of halogens is 1. The summed E-state index contributed by atoms with van der Waals surface area (Å²) < 4.78 is 5.58. The summed E-state index contributed by atoms with van der Waals surface area (Å²) in [7, 11) is 0. The average molecular weight is 385 g/mol. The van der Waals surface area contributed by atoms with Crippen molar-refractivity contribution in [2.75, 3.05) is 31.1 Å². The molecule has 1 amide bonds. The quantitative estimate of drug-likeness (QED) is 0.863. The number of anilines is 1. The lowest BCUT2D eigenvalue weighted by Gasteiger charge is -2.30. The summed E-state index contributed by atoms with van der Waals surface area (Å²) >= 11 is 6.18. The highest BCUT2D eigenvalue weighted by Crippen LogP contribution is 2.32. The van der Waals surface area contributed by atoms with Gasteiger partial charge in [0.2, 0.25) is 0 Å². The number of benzene rings is 2. The summed E-state index contributed by atoms with van der Waals surface area (Å²) in [5, 5.41) is 4.17. The van der Waals surface area contributed by atoms with Crippen molar-refractivity contribution in [1.29, 1.82) is 0 Å². The first-order chi connectivity index (χ1) is 13.2. The van der Waals surface area contributed by atoms with Crippen molar-refractivity contribution in [2.24, 2.45) is 0 Å². The normalized spacial score (nSPS) is 16.3. The van der Waals surface area contributed by atoms with Crippen molar-refractivity contribution in [1.82, 2.24) is 5.32 Å². The summed E-state index contributed by atoms with van der Waals surface area (Å²) in [6.07, 6.45) is 4.45. The van der Waals surface area contributed by atoms with E-state index in [2.05, 4.69) is 17.4 Å². The third-order valence-corrected chi connectivity index (χ3v) is 5.81. The maximum absolute atomic E-state index is 12.7. The second kappa shape index (κ2) is 8.32. The minimum Gasteiger partial charge on any atom is -0.449 e. The van der Waals surface area contributed by atoms with E-state index in [1.165, 1.54) is 16.7 Å². The number of fused-ring (bicyclic) bond motifs is 2. The van der Waals surface area contributed by atoms with E-state index in [4.69, 9.17) is 16.3 Å². The van der Waals surface area contributed by atoms with Crippen LogP contribution in [0.15, 0.2) is 36.4 Å². The number of hydrogen-bond acceptors (Lipinski definition) is 3. The molecule has 27 heavy (non-hydrogen) atoms. The van der Waals surface area contributed by atoms with Crippen molar-refractivity contribution in [3.8, 4) is 0 Å². The van der Waals surface area contributed by atoms with Crippen LogP contribution in [0.1, 0.15) is 28.7 Å². The predicted molar refractivity (Wildman–Crippen MR) is 109 cm³/mol. The van der Waals surface area contributed by atoms with E-state index in [9.17, 15) is 4.79 Å². The molecule has 2 heterocycles. The van der Waals surface area contributed by atoms with Gasteiger partial charge in [-0.1, -0.05) is 35.9 Å². The Balaban J connectivity index is 1.46. The van der Waals surface area contributed by atoms with E-state index < -0.39 is 0 Å². The first-order valence-electron chi connectivity index (χ1n) is 9.75. The second-order valence-corrected chi connectivity index (χ2v) is 7.62. The molecule has 0 radical (unpaired) electrons. The molecule has 0 spiro atoms. The third kappa shape index (κ3) is 4.12. The van der Waals surface area contributed by atoms with Crippen LogP contribution in [0.2, 0.25) is 5.02 Å². The Morgan fingerprint density at radius 1 is 1.07 bits per heavy atom. The summed E-state index contributed by atoms with van der Waals surface area (Å²) in [4.78, 5) is 14.5. The molecule has 0 saturated carbocycles. The van der Waals surface area contributed by atoms with Gasteiger partial charge in [0, 0.05) is 18.0 Å². The van der Waals surface area contributed by atoms with Gasteiger partial charge in [0.15, 0.2) is 0 Å². The highest BCUT2D eigenvalue weighted by atomic mass is 35.5. The zero-order valence-electron chi connectivity index (χ0n) is 15.5. The molecule has 4 rings (SSSR count). The fraction of sp³-hybridized carbons (Fsp3) is 0.409. The topological polar surface area (TPSA) is 41.6 Å². The van der Waals surface area contributed by atoms with E-state index >= 15 is 0 Å². The molecule has 0 bridgehead atoms. The van der Waals surface area contributed by atoms with Gasteiger partial charge in [0.05, 0.1) is 12.3 Å². The van der Waals surface area contributed by atoms with Gasteiger partial charge in [-0.3, -0.25) is 4.90 Å². The maximum Gasteiger partial charge on any atom is 0.414 e. The molecule has 0 aromatic heterocycles. The minimum atomic E-state index is -0.255. The summed E-state index contributed by atoms with van der Waals surface area (Å²) in [6.45, 7) is 3.08. The van der Waals surface area contributed by atoms with Crippen LogP contribution in [0.25, 0.3) is 0 Å². The summed E-state index contributed by atoms with van der Waals surface area (Å²) in [5.41, 5.74) is 6.08. The van der Waals surface area contributed by atoms with Gasteiger partial charge in [-0.15, -0.1) is 0 Å². The number of nitrogens with zero attached hydrogens (tertiary/aromatic N) is 1. The molecule has 2 aliphatic heterocycles. The van der Waals surface area contributed by atoms with Crippen LogP contribution in [0.4, 0.5) is 10.5 Å². The van der Waals surface area contributed by atoms with Crippen LogP contribution in [0, 0.1) is 0 Å². The lowest BCUT2D eigenvalue weighted by atomic mass is 9.93. The van der Waals surface area contributed by atoms with E-state index in [1.54, 1.807) is 0 Å². The van der Waals surface area contributed by atoms with E-state index in [0.29, 0.717) is 18.1 Å². The average Bonchev–Trinajstić information content (AvgIpc) is 2.92. The van der Waals surface area contributed by atoms with Crippen LogP contribution < -0.4 is 10.2 Å². The number of rotatable bonds is 3. The highest BCUT2D eigenvalue weighted by molar-refractivity contribution is 6.31. The van der Waals surface area contributed by atoms with Gasteiger partial charge >= 0.3 is 6.09 Å². The van der Waals surface area contributed by atoms with Gasteiger partial charge in [0.25, 0.3) is 0 Å². The first-order valence-corrected chi connectivity index (χ1v) is 10.1. The van der Waals surface area contributed by atoms with Gasteiger partial charge in [-0.05, 0) is 73.2 Å². The number of carbonyl (C=O) groups is 1. The van der Waals surface area contributed by atoms with Crippen molar-refractivity contribution >= 4 is 23.4 Å². The second-order valence-electron chi connectivity index (χ2n) is 7.21. The molecule has 142 valence electrons. The van der Waals surface area contributed by atoms with Crippen LogP contribution in [0.3, 0.4) is 0 Å². The molecule has 0 fully saturated rings. The Labute approximate surface area is 165 Å². The molecule has 4 nitrogen and oxygen atoms in total. The lowest BCUT2D eigenvalue weighted by Crippen LogP contribution is -2.36. The SMILES string of the molecule is O=C(OCCc1ccccc1Cl)N1CCCc2cc3c(cc21)CCNCC3. The van der Waals surface area contributed by atoms with Crippen molar-refractivity contribution in [3.63, 3.8) is 0 Å². The van der Waals surface area contributed by atoms with E-state index in [1.807, 2.05) is 29.2 Å². The molecule has 0 atom stereocenters. The van der Waals surface area contributed by atoms with Gasteiger partial charge in [-0.25, -0.2) is 4.79 Å². The molecular formula is C22H25ClN2O2. The van der Waals surface area contributed by atoms with E-state index in [-0.39, 0.29) is 6.09 Å². The number of amides is 1. The summed E-state index contributed by atoms with van der Waals surface area (Å²) in [6, 6.07) is 12.2. The maximum atomic E-state index is 12.7. The van der Waals surface area contributed by atoms with Crippen molar-refractivity contribution < 1.29 is 9.53 Å². The Morgan fingerprint density at radius 2 is 1.85 bits per heavy atom. The van der Waals surface area contributed by atoms with Crippen LogP contribution in [-0.4, -0.2) is 32.3 Å². The zero-order valence-corrected chi connectivity index (χ0v) is 16.2. The molecule has 5 heteroatoms. The van der Waals surface area contributed by atoms with Gasteiger partial charge in [0.1, 0.15) is 0 Å². The molecule has 0 aliphatic carbocycles. The zero-order chi connectivity index (χ0) is 18.6. The Morgan fingerprint density at radius 3 is 2.67 bits per heavy atom. The molecule has 2 aliphatic rings.